The molecular weight excluding hydrogens is 300 g/mol. The Morgan fingerprint density at radius 1 is 1.65 bits per heavy atom. The van der Waals surface area contributed by atoms with Crippen molar-refractivity contribution < 1.29 is 4.79 Å². The minimum atomic E-state index is -0.0351. The molecule has 17 heavy (non-hydrogen) atoms. The SMILES string of the molecule is CCCC(CN)C(=O)N(C)Cc1csc(Br)c1. The Balaban J connectivity index is 2.56. The topological polar surface area (TPSA) is 46.3 Å². The number of carbonyl (C=O) groups excluding carboxylic acids is 1. The van der Waals surface area contributed by atoms with Crippen LogP contribution < -0.4 is 5.73 Å². The van der Waals surface area contributed by atoms with Crippen molar-refractivity contribution in [3.05, 3.63) is 20.8 Å². The monoisotopic (exact) mass is 318 g/mol. The Morgan fingerprint density at radius 2 is 2.35 bits per heavy atom. The van der Waals surface area contributed by atoms with E-state index in [9.17, 15) is 4.79 Å². The van der Waals surface area contributed by atoms with E-state index in [-0.39, 0.29) is 11.8 Å². The normalized spacial score (nSPS) is 12.5. The molecule has 1 atom stereocenters. The minimum Gasteiger partial charge on any atom is -0.341 e. The average molecular weight is 319 g/mol. The van der Waals surface area contributed by atoms with Crippen molar-refractivity contribution in [1.29, 1.82) is 0 Å². The molecule has 0 fully saturated rings. The van der Waals surface area contributed by atoms with Crippen LogP contribution in [0.25, 0.3) is 0 Å². The van der Waals surface area contributed by atoms with Gasteiger partial charge in [0.1, 0.15) is 0 Å². The molecule has 5 heteroatoms. The summed E-state index contributed by atoms with van der Waals surface area (Å²) in [5.74, 6) is 0.115. The molecule has 1 heterocycles. The number of halogens is 1. The van der Waals surface area contributed by atoms with Crippen LogP contribution in [-0.2, 0) is 11.3 Å². The third kappa shape index (κ3) is 4.41. The Labute approximate surface area is 115 Å². The third-order valence-corrected chi connectivity index (χ3v) is 4.24. The average Bonchev–Trinajstić information content (AvgIpc) is 2.70. The maximum atomic E-state index is 12.1. The summed E-state index contributed by atoms with van der Waals surface area (Å²) < 4.78 is 1.09. The number of carbonyl (C=O) groups is 1. The smallest absolute Gasteiger partial charge is 0.226 e. The second kappa shape index (κ2) is 7.13. The number of nitrogens with two attached hydrogens (primary N) is 1. The molecule has 2 N–H and O–H groups in total. The molecule has 96 valence electrons. The number of hydrogen-bond donors (Lipinski definition) is 1. The molecule has 1 unspecified atom stereocenters. The molecule has 0 saturated carbocycles. The van der Waals surface area contributed by atoms with Crippen LogP contribution in [0.4, 0.5) is 0 Å². The Kier molecular flexibility index (Phi) is 6.16. The van der Waals surface area contributed by atoms with Crippen molar-refractivity contribution in [3.8, 4) is 0 Å². The van der Waals surface area contributed by atoms with Gasteiger partial charge in [-0.2, -0.15) is 0 Å². The second-order valence-electron chi connectivity index (χ2n) is 4.17. The fourth-order valence-corrected chi connectivity index (χ4v) is 2.98. The molecule has 0 bridgehead atoms. The van der Waals surface area contributed by atoms with E-state index in [4.69, 9.17) is 5.73 Å². The van der Waals surface area contributed by atoms with E-state index in [0.29, 0.717) is 13.1 Å². The molecular formula is C12H19BrN2OS. The van der Waals surface area contributed by atoms with E-state index in [2.05, 4.69) is 28.2 Å². The summed E-state index contributed by atoms with van der Waals surface area (Å²) in [7, 11) is 1.84. The van der Waals surface area contributed by atoms with Gasteiger partial charge < -0.3 is 10.6 Å². The van der Waals surface area contributed by atoms with Crippen LogP contribution in [0.3, 0.4) is 0 Å². The van der Waals surface area contributed by atoms with Crippen LogP contribution >= 0.6 is 27.3 Å². The fourth-order valence-electron chi connectivity index (χ4n) is 1.78. The fraction of sp³-hybridized carbons (Fsp3) is 0.583. The highest BCUT2D eigenvalue weighted by Gasteiger charge is 2.19. The van der Waals surface area contributed by atoms with Gasteiger partial charge in [0, 0.05) is 20.1 Å². The van der Waals surface area contributed by atoms with E-state index in [1.165, 1.54) is 0 Å². The van der Waals surface area contributed by atoms with Gasteiger partial charge in [0.2, 0.25) is 5.91 Å². The molecule has 1 aromatic rings. The lowest BCUT2D eigenvalue weighted by Gasteiger charge is -2.22. The highest BCUT2D eigenvalue weighted by molar-refractivity contribution is 9.11. The maximum absolute atomic E-state index is 12.1. The van der Waals surface area contributed by atoms with E-state index in [0.717, 1.165) is 22.2 Å². The zero-order valence-electron chi connectivity index (χ0n) is 10.3. The lowest BCUT2D eigenvalue weighted by atomic mass is 10.0. The zero-order chi connectivity index (χ0) is 12.8. The van der Waals surface area contributed by atoms with Crippen molar-refractivity contribution in [2.45, 2.75) is 26.3 Å². The maximum Gasteiger partial charge on any atom is 0.226 e. The molecule has 1 rings (SSSR count). The van der Waals surface area contributed by atoms with Gasteiger partial charge in [-0.25, -0.2) is 0 Å². The van der Waals surface area contributed by atoms with Gasteiger partial charge >= 0.3 is 0 Å². The number of hydrogen-bond acceptors (Lipinski definition) is 3. The first kappa shape index (κ1) is 14.7. The summed E-state index contributed by atoms with van der Waals surface area (Å²) in [6.07, 6.45) is 1.86. The standard InChI is InChI=1S/C12H19BrN2OS/c1-3-4-10(6-14)12(16)15(2)7-9-5-11(13)17-8-9/h5,8,10H,3-4,6-7,14H2,1-2H3. The van der Waals surface area contributed by atoms with Crippen molar-refractivity contribution in [3.63, 3.8) is 0 Å². The number of thiophene rings is 1. The lowest BCUT2D eigenvalue weighted by Crippen LogP contribution is -2.36. The first-order valence-corrected chi connectivity index (χ1v) is 7.43. The van der Waals surface area contributed by atoms with Crippen LogP contribution in [-0.4, -0.2) is 24.4 Å². The number of nitrogens with zero attached hydrogens (tertiary/aromatic N) is 1. The van der Waals surface area contributed by atoms with Crippen LogP contribution in [0.2, 0.25) is 0 Å². The van der Waals surface area contributed by atoms with E-state index >= 15 is 0 Å². The van der Waals surface area contributed by atoms with Gasteiger partial charge in [0.15, 0.2) is 0 Å². The van der Waals surface area contributed by atoms with E-state index < -0.39 is 0 Å². The summed E-state index contributed by atoms with van der Waals surface area (Å²) in [4.78, 5) is 13.9. The summed E-state index contributed by atoms with van der Waals surface area (Å²) in [6, 6.07) is 2.05. The van der Waals surface area contributed by atoms with Gasteiger partial charge in [-0.05, 0) is 39.4 Å². The summed E-state index contributed by atoms with van der Waals surface area (Å²) in [5.41, 5.74) is 6.80. The Hall–Kier alpha value is -0.390. The Bertz CT molecular complexity index is 367. The zero-order valence-corrected chi connectivity index (χ0v) is 12.7. The van der Waals surface area contributed by atoms with E-state index in [1.54, 1.807) is 16.2 Å². The van der Waals surface area contributed by atoms with Crippen molar-refractivity contribution in [2.75, 3.05) is 13.6 Å². The van der Waals surface area contributed by atoms with Gasteiger partial charge in [-0.1, -0.05) is 13.3 Å². The first-order chi connectivity index (χ1) is 8.08. The summed E-state index contributed by atoms with van der Waals surface area (Å²) in [5, 5.41) is 2.06. The quantitative estimate of drug-likeness (QED) is 0.876. The molecule has 0 aliphatic heterocycles. The predicted molar refractivity (Wildman–Crippen MR) is 75.9 cm³/mol. The molecule has 1 aromatic heterocycles. The van der Waals surface area contributed by atoms with Crippen molar-refractivity contribution >= 4 is 33.2 Å². The van der Waals surface area contributed by atoms with Gasteiger partial charge in [0.25, 0.3) is 0 Å². The molecule has 0 aliphatic carbocycles. The lowest BCUT2D eigenvalue weighted by molar-refractivity contribution is -0.134. The van der Waals surface area contributed by atoms with Crippen molar-refractivity contribution in [1.82, 2.24) is 4.90 Å². The van der Waals surface area contributed by atoms with Crippen LogP contribution in [0.15, 0.2) is 15.2 Å². The van der Waals surface area contributed by atoms with Gasteiger partial charge in [-0.3, -0.25) is 4.79 Å². The van der Waals surface area contributed by atoms with Crippen LogP contribution in [0, 0.1) is 5.92 Å². The molecule has 0 spiro atoms. The molecule has 3 nitrogen and oxygen atoms in total. The summed E-state index contributed by atoms with van der Waals surface area (Å²) in [6.45, 7) is 3.16. The van der Waals surface area contributed by atoms with Gasteiger partial charge in [0.05, 0.1) is 9.70 Å². The molecule has 0 aromatic carbocycles. The van der Waals surface area contributed by atoms with Crippen LogP contribution in [0.1, 0.15) is 25.3 Å². The molecule has 0 saturated heterocycles. The number of rotatable bonds is 6. The largest absolute Gasteiger partial charge is 0.341 e. The third-order valence-electron chi connectivity index (χ3n) is 2.69. The summed E-state index contributed by atoms with van der Waals surface area (Å²) >= 11 is 5.06. The highest BCUT2D eigenvalue weighted by atomic mass is 79.9. The molecule has 1 amide bonds. The van der Waals surface area contributed by atoms with Crippen molar-refractivity contribution in [2.24, 2.45) is 11.7 Å². The number of amides is 1. The highest BCUT2D eigenvalue weighted by Crippen LogP contribution is 2.22. The molecule has 0 aliphatic rings. The molecule has 0 radical (unpaired) electrons. The minimum absolute atomic E-state index is 0.0351. The van der Waals surface area contributed by atoms with Gasteiger partial charge in [-0.15, -0.1) is 11.3 Å². The first-order valence-electron chi connectivity index (χ1n) is 5.76. The Morgan fingerprint density at radius 3 is 2.82 bits per heavy atom. The second-order valence-corrected chi connectivity index (χ2v) is 6.47. The predicted octanol–water partition coefficient (Wildman–Crippen LogP) is 2.84. The van der Waals surface area contributed by atoms with Crippen LogP contribution in [0.5, 0.6) is 0 Å². The van der Waals surface area contributed by atoms with E-state index in [1.807, 2.05) is 13.1 Å².